The summed E-state index contributed by atoms with van der Waals surface area (Å²) in [5.41, 5.74) is 5.66. The summed E-state index contributed by atoms with van der Waals surface area (Å²) in [5.74, 6) is -0.144. The lowest BCUT2D eigenvalue weighted by molar-refractivity contribution is -0.147. The molecule has 0 aromatic carbocycles. The highest BCUT2D eigenvalue weighted by Crippen LogP contribution is 2.22. The van der Waals surface area contributed by atoms with Crippen molar-refractivity contribution in [3.63, 3.8) is 0 Å². The van der Waals surface area contributed by atoms with Crippen molar-refractivity contribution >= 4 is 23.6 Å². The predicted octanol–water partition coefficient (Wildman–Crippen LogP) is 0.0999. The average Bonchev–Trinajstić information content (AvgIpc) is 2.65. The maximum atomic E-state index is 11.7. The molecule has 86 valence electrons. The number of nitrogens with zero attached hydrogens (tertiary/aromatic N) is 1. The van der Waals surface area contributed by atoms with Crippen LogP contribution in [-0.4, -0.2) is 45.6 Å². The maximum absolute atomic E-state index is 11.7. The van der Waals surface area contributed by atoms with Crippen molar-refractivity contribution in [3.8, 4) is 0 Å². The molecule has 0 radical (unpaired) electrons. The SMILES string of the molecule is CCC(N)CC(=O)N1CSCC1C(=O)O. The minimum atomic E-state index is -0.932. The molecule has 0 aromatic rings. The minimum absolute atomic E-state index is 0.151. The van der Waals surface area contributed by atoms with E-state index < -0.39 is 12.0 Å². The molecule has 1 aliphatic rings. The van der Waals surface area contributed by atoms with Crippen molar-refractivity contribution in [2.24, 2.45) is 5.73 Å². The molecule has 0 saturated carbocycles. The smallest absolute Gasteiger partial charge is 0.327 e. The van der Waals surface area contributed by atoms with E-state index in [1.54, 1.807) is 0 Å². The molecule has 0 aliphatic carbocycles. The topological polar surface area (TPSA) is 83.6 Å². The summed E-state index contributed by atoms with van der Waals surface area (Å²) in [7, 11) is 0. The number of carbonyl (C=O) groups excluding carboxylic acids is 1. The number of rotatable bonds is 4. The van der Waals surface area contributed by atoms with Gasteiger partial charge in [0, 0.05) is 18.2 Å². The van der Waals surface area contributed by atoms with E-state index in [0.717, 1.165) is 6.42 Å². The molecule has 6 heteroatoms. The quantitative estimate of drug-likeness (QED) is 0.718. The van der Waals surface area contributed by atoms with Crippen LogP contribution in [0.4, 0.5) is 0 Å². The second-order valence-corrected chi connectivity index (χ2v) is 4.59. The Kier molecular flexibility index (Phi) is 4.41. The van der Waals surface area contributed by atoms with E-state index in [1.165, 1.54) is 16.7 Å². The zero-order valence-corrected chi connectivity index (χ0v) is 9.50. The van der Waals surface area contributed by atoms with Gasteiger partial charge >= 0.3 is 5.97 Å². The third-order valence-electron chi connectivity index (χ3n) is 2.45. The van der Waals surface area contributed by atoms with Gasteiger partial charge in [0.25, 0.3) is 0 Å². The fraction of sp³-hybridized carbons (Fsp3) is 0.778. The summed E-state index contributed by atoms with van der Waals surface area (Å²) in [6.45, 7) is 1.91. The normalized spacial score (nSPS) is 22.8. The third kappa shape index (κ3) is 3.10. The van der Waals surface area contributed by atoms with E-state index in [1.807, 2.05) is 6.92 Å². The molecular formula is C9H16N2O3S. The van der Waals surface area contributed by atoms with Gasteiger partial charge in [0.2, 0.25) is 5.91 Å². The number of carboxylic acid groups (broad SMARTS) is 1. The Hall–Kier alpha value is -0.750. The number of hydrogen-bond acceptors (Lipinski definition) is 4. The van der Waals surface area contributed by atoms with Crippen molar-refractivity contribution in [2.45, 2.75) is 31.8 Å². The van der Waals surface area contributed by atoms with Gasteiger partial charge in [-0.05, 0) is 6.42 Å². The van der Waals surface area contributed by atoms with E-state index in [4.69, 9.17) is 10.8 Å². The van der Waals surface area contributed by atoms with Gasteiger partial charge in [0.1, 0.15) is 6.04 Å². The van der Waals surface area contributed by atoms with E-state index in [0.29, 0.717) is 11.6 Å². The Morgan fingerprint density at radius 1 is 1.67 bits per heavy atom. The van der Waals surface area contributed by atoms with Crippen LogP contribution >= 0.6 is 11.8 Å². The molecule has 0 bridgehead atoms. The number of carboxylic acids is 1. The number of hydrogen-bond donors (Lipinski definition) is 2. The summed E-state index contributed by atoms with van der Waals surface area (Å²) in [5, 5.41) is 8.89. The number of carbonyl (C=O) groups is 2. The Balaban J connectivity index is 2.55. The summed E-state index contributed by atoms with van der Waals surface area (Å²) >= 11 is 1.47. The highest BCUT2D eigenvalue weighted by Gasteiger charge is 2.34. The van der Waals surface area contributed by atoms with E-state index in [9.17, 15) is 9.59 Å². The molecule has 1 amide bonds. The van der Waals surface area contributed by atoms with Crippen LogP contribution < -0.4 is 5.73 Å². The second kappa shape index (κ2) is 5.37. The van der Waals surface area contributed by atoms with Crippen LogP contribution in [0.3, 0.4) is 0 Å². The first kappa shape index (κ1) is 12.3. The van der Waals surface area contributed by atoms with Crippen LogP contribution in [0.2, 0.25) is 0 Å². The van der Waals surface area contributed by atoms with Gasteiger partial charge in [0.15, 0.2) is 0 Å². The molecule has 2 atom stereocenters. The van der Waals surface area contributed by atoms with Gasteiger partial charge in [0.05, 0.1) is 5.88 Å². The molecular weight excluding hydrogens is 216 g/mol. The van der Waals surface area contributed by atoms with Gasteiger partial charge in [-0.15, -0.1) is 11.8 Å². The van der Waals surface area contributed by atoms with Crippen molar-refractivity contribution < 1.29 is 14.7 Å². The molecule has 1 heterocycles. The van der Waals surface area contributed by atoms with Crippen molar-refractivity contribution in [3.05, 3.63) is 0 Å². The van der Waals surface area contributed by atoms with E-state index >= 15 is 0 Å². The van der Waals surface area contributed by atoms with Crippen molar-refractivity contribution in [1.82, 2.24) is 4.90 Å². The predicted molar refractivity (Wildman–Crippen MR) is 58.5 cm³/mol. The molecule has 3 N–H and O–H groups in total. The fourth-order valence-corrected chi connectivity index (χ4v) is 2.55. The summed E-state index contributed by atoms with van der Waals surface area (Å²) in [6, 6.07) is -0.843. The molecule has 1 rings (SSSR count). The standard InChI is InChI=1S/C9H16N2O3S/c1-2-6(10)3-8(12)11-5-15-4-7(11)9(13)14/h6-7H,2-5,10H2,1H3,(H,13,14). The second-order valence-electron chi connectivity index (χ2n) is 3.59. The number of amides is 1. The largest absolute Gasteiger partial charge is 0.480 e. The monoisotopic (exact) mass is 232 g/mol. The Morgan fingerprint density at radius 3 is 2.87 bits per heavy atom. The van der Waals surface area contributed by atoms with Gasteiger partial charge in [-0.3, -0.25) is 4.79 Å². The van der Waals surface area contributed by atoms with Gasteiger partial charge in [-0.1, -0.05) is 6.92 Å². The van der Waals surface area contributed by atoms with Crippen LogP contribution in [-0.2, 0) is 9.59 Å². The summed E-state index contributed by atoms with van der Waals surface area (Å²) in [6.07, 6.45) is 0.964. The summed E-state index contributed by atoms with van der Waals surface area (Å²) in [4.78, 5) is 23.9. The number of nitrogens with two attached hydrogens (primary N) is 1. The molecule has 1 saturated heterocycles. The first-order valence-corrected chi connectivity index (χ1v) is 6.07. The molecule has 1 aliphatic heterocycles. The fourth-order valence-electron chi connectivity index (χ4n) is 1.38. The molecule has 0 spiro atoms. The Labute approximate surface area is 93.0 Å². The van der Waals surface area contributed by atoms with Crippen LogP contribution in [0.1, 0.15) is 19.8 Å². The number of aliphatic carboxylic acids is 1. The van der Waals surface area contributed by atoms with E-state index in [2.05, 4.69) is 0 Å². The summed E-state index contributed by atoms with van der Waals surface area (Å²) < 4.78 is 0. The van der Waals surface area contributed by atoms with Crippen molar-refractivity contribution in [2.75, 3.05) is 11.6 Å². The first-order valence-electron chi connectivity index (χ1n) is 4.91. The highest BCUT2D eigenvalue weighted by atomic mass is 32.2. The van der Waals surface area contributed by atoms with Crippen LogP contribution in [0.15, 0.2) is 0 Å². The lowest BCUT2D eigenvalue weighted by atomic mass is 10.1. The maximum Gasteiger partial charge on any atom is 0.327 e. The lowest BCUT2D eigenvalue weighted by Gasteiger charge is -2.21. The van der Waals surface area contributed by atoms with Crippen molar-refractivity contribution in [1.29, 1.82) is 0 Å². The zero-order valence-electron chi connectivity index (χ0n) is 8.68. The molecule has 2 unspecified atom stereocenters. The van der Waals surface area contributed by atoms with Gasteiger partial charge in [-0.25, -0.2) is 4.79 Å². The lowest BCUT2D eigenvalue weighted by Crippen LogP contribution is -2.43. The first-order chi connectivity index (χ1) is 7.06. The zero-order chi connectivity index (χ0) is 11.4. The molecule has 5 nitrogen and oxygen atoms in total. The molecule has 0 aromatic heterocycles. The minimum Gasteiger partial charge on any atom is -0.480 e. The highest BCUT2D eigenvalue weighted by molar-refractivity contribution is 7.99. The number of thioether (sulfide) groups is 1. The van der Waals surface area contributed by atoms with Crippen LogP contribution in [0, 0.1) is 0 Å². The van der Waals surface area contributed by atoms with Gasteiger partial charge in [-0.2, -0.15) is 0 Å². The molecule has 1 fully saturated rings. The van der Waals surface area contributed by atoms with Crippen LogP contribution in [0.25, 0.3) is 0 Å². The van der Waals surface area contributed by atoms with E-state index in [-0.39, 0.29) is 18.4 Å². The third-order valence-corrected chi connectivity index (χ3v) is 3.46. The Morgan fingerprint density at radius 2 is 2.33 bits per heavy atom. The van der Waals surface area contributed by atoms with Crippen LogP contribution in [0.5, 0.6) is 0 Å². The molecule has 15 heavy (non-hydrogen) atoms. The Bertz CT molecular complexity index is 260. The van der Waals surface area contributed by atoms with Gasteiger partial charge < -0.3 is 15.7 Å². The average molecular weight is 232 g/mol.